The largest absolute Gasteiger partial charge is 0.496 e. The highest BCUT2D eigenvalue weighted by Crippen LogP contribution is 2.36. The van der Waals surface area contributed by atoms with Gasteiger partial charge in [0.25, 0.3) is 0 Å². The second-order valence-electron chi connectivity index (χ2n) is 4.82. The van der Waals surface area contributed by atoms with Crippen LogP contribution in [0.1, 0.15) is 38.8 Å². The lowest BCUT2D eigenvalue weighted by atomic mass is 9.95. The fourth-order valence-electron chi connectivity index (χ4n) is 2.24. The molecule has 0 saturated heterocycles. The number of benzene rings is 1. The van der Waals surface area contributed by atoms with E-state index in [0.717, 1.165) is 30.0 Å². The molecule has 18 heavy (non-hydrogen) atoms. The minimum Gasteiger partial charge on any atom is -0.496 e. The van der Waals surface area contributed by atoms with Crippen LogP contribution in [0.5, 0.6) is 11.5 Å². The van der Waals surface area contributed by atoms with Crippen molar-refractivity contribution < 1.29 is 9.47 Å². The Balaban J connectivity index is 3.14. The van der Waals surface area contributed by atoms with Crippen molar-refractivity contribution in [3.63, 3.8) is 0 Å². The fraction of sp³-hybridized carbons (Fsp3) is 0.600. The van der Waals surface area contributed by atoms with E-state index in [0.29, 0.717) is 5.92 Å². The van der Waals surface area contributed by atoms with E-state index in [1.165, 1.54) is 0 Å². The summed E-state index contributed by atoms with van der Waals surface area (Å²) in [7, 11) is 3.41. The molecule has 1 aromatic rings. The van der Waals surface area contributed by atoms with Crippen molar-refractivity contribution in [3.05, 3.63) is 23.8 Å². The van der Waals surface area contributed by atoms with E-state index in [-0.39, 0.29) is 6.04 Å². The van der Waals surface area contributed by atoms with Crippen LogP contribution < -0.4 is 14.8 Å². The van der Waals surface area contributed by atoms with Crippen molar-refractivity contribution >= 4 is 0 Å². The molecule has 3 nitrogen and oxygen atoms in total. The van der Waals surface area contributed by atoms with Gasteiger partial charge in [0.1, 0.15) is 11.5 Å². The first kappa shape index (κ1) is 14.8. The van der Waals surface area contributed by atoms with Gasteiger partial charge < -0.3 is 14.8 Å². The maximum atomic E-state index is 5.48. The SMILES string of the molecule is CCNC(CC(C)C)c1c(OC)cccc1OC. The molecule has 1 aromatic carbocycles. The van der Waals surface area contributed by atoms with E-state index in [2.05, 4.69) is 26.1 Å². The van der Waals surface area contributed by atoms with E-state index in [1.807, 2.05) is 18.2 Å². The quantitative estimate of drug-likeness (QED) is 0.805. The predicted molar refractivity (Wildman–Crippen MR) is 75.4 cm³/mol. The molecule has 1 N–H and O–H groups in total. The molecule has 0 aliphatic heterocycles. The molecule has 0 bridgehead atoms. The lowest BCUT2D eigenvalue weighted by Crippen LogP contribution is -2.23. The highest BCUT2D eigenvalue weighted by Gasteiger charge is 2.20. The van der Waals surface area contributed by atoms with Crippen molar-refractivity contribution in [2.24, 2.45) is 5.92 Å². The average molecular weight is 251 g/mol. The van der Waals surface area contributed by atoms with Crippen LogP contribution in [0.25, 0.3) is 0 Å². The van der Waals surface area contributed by atoms with Crippen LogP contribution in [-0.4, -0.2) is 20.8 Å². The number of nitrogens with one attached hydrogen (secondary N) is 1. The fourth-order valence-corrected chi connectivity index (χ4v) is 2.24. The summed E-state index contributed by atoms with van der Waals surface area (Å²) in [5.74, 6) is 2.39. The van der Waals surface area contributed by atoms with Gasteiger partial charge in [-0.3, -0.25) is 0 Å². The molecule has 3 heteroatoms. The van der Waals surface area contributed by atoms with Gasteiger partial charge in [-0.15, -0.1) is 0 Å². The number of rotatable bonds is 7. The Labute approximate surface area is 110 Å². The third kappa shape index (κ3) is 3.64. The van der Waals surface area contributed by atoms with Gasteiger partial charge in [-0.1, -0.05) is 26.8 Å². The van der Waals surface area contributed by atoms with Gasteiger partial charge in [0, 0.05) is 6.04 Å². The Morgan fingerprint density at radius 1 is 1.11 bits per heavy atom. The van der Waals surface area contributed by atoms with Crippen LogP contribution in [-0.2, 0) is 0 Å². The molecule has 0 aliphatic carbocycles. The Hall–Kier alpha value is -1.22. The highest BCUT2D eigenvalue weighted by atomic mass is 16.5. The van der Waals surface area contributed by atoms with E-state index >= 15 is 0 Å². The summed E-state index contributed by atoms with van der Waals surface area (Å²) in [5, 5.41) is 3.52. The van der Waals surface area contributed by atoms with Crippen LogP contribution in [0.4, 0.5) is 0 Å². The molecule has 0 fully saturated rings. The molecule has 1 unspecified atom stereocenters. The second-order valence-corrected chi connectivity index (χ2v) is 4.82. The molecule has 102 valence electrons. The molecule has 0 amide bonds. The zero-order chi connectivity index (χ0) is 13.5. The van der Waals surface area contributed by atoms with Gasteiger partial charge in [-0.25, -0.2) is 0 Å². The Morgan fingerprint density at radius 2 is 1.67 bits per heavy atom. The van der Waals surface area contributed by atoms with Crippen LogP contribution in [0.3, 0.4) is 0 Å². The number of hydrogen-bond acceptors (Lipinski definition) is 3. The third-order valence-corrected chi connectivity index (χ3v) is 2.97. The minimum atomic E-state index is 0.265. The van der Waals surface area contributed by atoms with Crippen molar-refractivity contribution in [1.29, 1.82) is 0 Å². The lowest BCUT2D eigenvalue weighted by molar-refractivity contribution is 0.356. The molecular formula is C15H25NO2. The molecule has 0 spiro atoms. The van der Waals surface area contributed by atoms with Gasteiger partial charge in [0.05, 0.1) is 19.8 Å². The second kappa shape index (κ2) is 7.27. The smallest absolute Gasteiger partial charge is 0.127 e. The molecular weight excluding hydrogens is 226 g/mol. The maximum absolute atomic E-state index is 5.48. The minimum absolute atomic E-state index is 0.265. The summed E-state index contributed by atoms with van der Waals surface area (Å²) in [6.07, 6.45) is 1.06. The molecule has 0 heterocycles. The monoisotopic (exact) mass is 251 g/mol. The third-order valence-electron chi connectivity index (χ3n) is 2.97. The average Bonchev–Trinajstić information content (AvgIpc) is 2.36. The molecule has 0 saturated carbocycles. The summed E-state index contributed by atoms with van der Waals surface area (Å²) in [4.78, 5) is 0. The standard InChI is InChI=1S/C15H25NO2/c1-6-16-12(10-11(2)3)15-13(17-4)8-7-9-14(15)18-5/h7-9,11-12,16H,6,10H2,1-5H3. The summed E-state index contributed by atoms with van der Waals surface area (Å²) >= 11 is 0. The van der Waals surface area contributed by atoms with Gasteiger partial charge in [-0.2, -0.15) is 0 Å². The highest BCUT2D eigenvalue weighted by molar-refractivity contribution is 5.47. The number of methoxy groups -OCH3 is 2. The molecule has 0 aliphatic rings. The van der Waals surface area contributed by atoms with Gasteiger partial charge in [0.15, 0.2) is 0 Å². The zero-order valence-corrected chi connectivity index (χ0v) is 12.1. The van der Waals surface area contributed by atoms with E-state index in [1.54, 1.807) is 14.2 Å². The van der Waals surface area contributed by atoms with Crippen LogP contribution in [0, 0.1) is 5.92 Å². The molecule has 1 rings (SSSR count). The van der Waals surface area contributed by atoms with Crippen molar-refractivity contribution in [2.45, 2.75) is 33.2 Å². The summed E-state index contributed by atoms with van der Waals surface area (Å²) in [6, 6.07) is 6.20. The van der Waals surface area contributed by atoms with E-state index in [9.17, 15) is 0 Å². The van der Waals surface area contributed by atoms with Gasteiger partial charge >= 0.3 is 0 Å². The first-order chi connectivity index (χ1) is 8.63. The maximum Gasteiger partial charge on any atom is 0.127 e. The van der Waals surface area contributed by atoms with Gasteiger partial charge in [0.2, 0.25) is 0 Å². The van der Waals surface area contributed by atoms with Crippen LogP contribution >= 0.6 is 0 Å². The predicted octanol–water partition coefficient (Wildman–Crippen LogP) is 3.40. The first-order valence-corrected chi connectivity index (χ1v) is 6.58. The Morgan fingerprint density at radius 3 is 2.06 bits per heavy atom. The summed E-state index contributed by atoms with van der Waals surface area (Å²) < 4.78 is 11.0. The molecule has 1 atom stereocenters. The van der Waals surface area contributed by atoms with Gasteiger partial charge in [-0.05, 0) is 31.0 Å². The first-order valence-electron chi connectivity index (χ1n) is 6.58. The van der Waals surface area contributed by atoms with Crippen molar-refractivity contribution in [3.8, 4) is 11.5 Å². The number of ether oxygens (including phenoxy) is 2. The van der Waals surface area contributed by atoms with Crippen LogP contribution in [0.2, 0.25) is 0 Å². The number of hydrogen-bond donors (Lipinski definition) is 1. The van der Waals surface area contributed by atoms with Crippen molar-refractivity contribution in [1.82, 2.24) is 5.32 Å². The molecule has 0 aromatic heterocycles. The van der Waals surface area contributed by atoms with E-state index < -0.39 is 0 Å². The van der Waals surface area contributed by atoms with Crippen LogP contribution in [0.15, 0.2) is 18.2 Å². The summed E-state index contributed by atoms with van der Waals surface area (Å²) in [6.45, 7) is 7.51. The zero-order valence-electron chi connectivity index (χ0n) is 12.1. The van der Waals surface area contributed by atoms with E-state index in [4.69, 9.17) is 9.47 Å². The Bertz CT molecular complexity index is 341. The summed E-state index contributed by atoms with van der Waals surface area (Å²) in [5.41, 5.74) is 1.12. The normalized spacial score (nSPS) is 12.6. The Kier molecular flexibility index (Phi) is 5.99. The molecule has 0 radical (unpaired) electrons. The van der Waals surface area contributed by atoms with Crippen molar-refractivity contribution in [2.75, 3.05) is 20.8 Å². The topological polar surface area (TPSA) is 30.5 Å². The lowest BCUT2D eigenvalue weighted by Gasteiger charge is -2.24.